The normalized spacial score (nSPS) is 19.1. The number of amides is 1. The Kier molecular flexibility index (Phi) is 6.52. The molecule has 1 fully saturated rings. The molecule has 0 radical (unpaired) electrons. The van der Waals surface area contributed by atoms with Crippen molar-refractivity contribution in [3.63, 3.8) is 0 Å². The van der Waals surface area contributed by atoms with E-state index < -0.39 is 10.0 Å². The summed E-state index contributed by atoms with van der Waals surface area (Å²) < 4.78 is 27.3. The Labute approximate surface area is 167 Å². The third kappa shape index (κ3) is 4.62. The maximum absolute atomic E-state index is 12.8. The molecule has 150 valence electrons. The van der Waals surface area contributed by atoms with Crippen molar-refractivity contribution in [2.75, 3.05) is 18.4 Å². The smallest absolute Gasteiger partial charge is 0.243 e. The van der Waals surface area contributed by atoms with E-state index in [4.69, 9.17) is 0 Å². The highest BCUT2D eigenvalue weighted by molar-refractivity contribution is 7.89. The Bertz CT molecular complexity index is 895. The van der Waals surface area contributed by atoms with Crippen molar-refractivity contribution in [3.05, 3.63) is 60.2 Å². The molecule has 5 nitrogen and oxygen atoms in total. The first-order valence-electron chi connectivity index (χ1n) is 9.88. The Morgan fingerprint density at radius 2 is 1.82 bits per heavy atom. The number of sulfonamides is 1. The highest BCUT2D eigenvalue weighted by atomic mass is 32.2. The minimum absolute atomic E-state index is 0.0887. The fraction of sp³-hybridized carbons (Fsp3) is 0.409. The van der Waals surface area contributed by atoms with E-state index in [9.17, 15) is 13.2 Å². The average molecular weight is 401 g/mol. The number of nitrogens with one attached hydrogen (secondary N) is 1. The van der Waals surface area contributed by atoms with Crippen LogP contribution in [0.1, 0.15) is 44.6 Å². The predicted octanol–water partition coefficient (Wildman–Crippen LogP) is 4.24. The lowest BCUT2D eigenvalue weighted by Gasteiger charge is -2.30. The quantitative estimate of drug-likeness (QED) is 0.789. The largest absolute Gasteiger partial charge is 0.326 e. The molecular formula is C22H28N2O3S. The minimum atomic E-state index is -3.48. The molecule has 0 saturated carbocycles. The number of nitrogens with zero attached hydrogens (tertiary/aromatic N) is 1. The number of carbonyl (C=O) groups excluding carboxylic acids is 1. The van der Waals surface area contributed by atoms with E-state index in [1.54, 1.807) is 28.6 Å². The van der Waals surface area contributed by atoms with Crippen LogP contribution < -0.4 is 5.32 Å². The van der Waals surface area contributed by atoms with Crippen molar-refractivity contribution < 1.29 is 13.2 Å². The van der Waals surface area contributed by atoms with Gasteiger partial charge in [0.2, 0.25) is 15.9 Å². The molecule has 2 aromatic rings. The van der Waals surface area contributed by atoms with E-state index in [1.807, 2.05) is 37.3 Å². The van der Waals surface area contributed by atoms with E-state index in [2.05, 4.69) is 12.2 Å². The van der Waals surface area contributed by atoms with Crippen LogP contribution in [-0.4, -0.2) is 31.7 Å². The van der Waals surface area contributed by atoms with E-state index in [-0.39, 0.29) is 16.7 Å². The Morgan fingerprint density at radius 3 is 2.43 bits per heavy atom. The van der Waals surface area contributed by atoms with Crippen LogP contribution in [0.15, 0.2) is 59.5 Å². The summed E-state index contributed by atoms with van der Waals surface area (Å²) in [6.07, 6.45) is 2.65. The monoisotopic (exact) mass is 400 g/mol. The predicted molar refractivity (Wildman–Crippen MR) is 112 cm³/mol. The molecule has 1 heterocycles. The second-order valence-electron chi connectivity index (χ2n) is 7.50. The van der Waals surface area contributed by atoms with Gasteiger partial charge in [-0.3, -0.25) is 4.79 Å². The molecule has 1 saturated heterocycles. The minimum Gasteiger partial charge on any atom is -0.326 e. The van der Waals surface area contributed by atoms with Crippen LogP contribution >= 0.6 is 0 Å². The van der Waals surface area contributed by atoms with Gasteiger partial charge in [-0.15, -0.1) is 0 Å². The van der Waals surface area contributed by atoms with Crippen LogP contribution in [0.25, 0.3) is 0 Å². The summed E-state index contributed by atoms with van der Waals surface area (Å²) in [5.74, 6) is 0.0552. The zero-order chi connectivity index (χ0) is 20.1. The summed E-state index contributed by atoms with van der Waals surface area (Å²) in [6.45, 7) is 5.19. The molecule has 1 aliphatic rings. The van der Waals surface area contributed by atoms with Crippen molar-refractivity contribution in [2.24, 2.45) is 5.92 Å². The van der Waals surface area contributed by atoms with Gasteiger partial charge in [-0.25, -0.2) is 8.42 Å². The van der Waals surface area contributed by atoms with E-state index in [0.717, 1.165) is 18.4 Å². The number of piperidine rings is 1. The van der Waals surface area contributed by atoms with Crippen LogP contribution in [0.2, 0.25) is 0 Å². The molecule has 3 rings (SSSR count). The molecular weight excluding hydrogens is 372 g/mol. The van der Waals surface area contributed by atoms with Gasteiger partial charge in [-0.05, 0) is 55.0 Å². The summed E-state index contributed by atoms with van der Waals surface area (Å²) in [7, 11) is -3.48. The van der Waals surface area contributed by atoms with Gasteiger partial charge in [0.25, 0.3) is 0 Å². The summed E-state index contributed by atoms with van der Waals surface area (Å²) in [4.78, 5) is 12.9. The van der Waals surface area contributed by atoms with Crippen LogP contribution in [0.4, 0.5) is 5.69 Å². The lowest BCUT2D eigenvalue weighted by Crippen LogP contribution is -2.39. The number of hydrogen-bond acceptors (Lipinski definition) is 3. The van der Waals surface area contributed by atoms with E-state index >= 15 is 0 Å². The number of carbonyl (C=O) groups is 1. The SMILES string of the molecule is CC[C@@H](C(=O)Nc1ccc(S(=O)(=O)N2CCC[C@@H](C)C2)cc1)c1ccccc1. The van der Waals surface area contributed by atoms with Crippen LogP contribution in [0, 0.1) is 5.92 Å². The van der Waals surface area contributed by atoms with Gasteiger partial charge in [0, 0.05) is 18.8 Å². The number of rotatable bonds is 6. The zero-order valence-corrected chi connectivity index (χ0v) is 17.3. The molecule has 0 aliphatic carbocycles. The Balaban J connectivity index is 1.71. The van der Waals surface area contributed by atoms with Crippen molar-refractivity contribution in [2.45, 2.75) is 43.9 Å². The van der Waals surface area contributed by atoms with Crippen molar-refractivity contribution in [3.8, 4) is 0 Å². The molecule has 0 unspecified atom stereocenters. The van der Waals surface area contributed by atoms with Crippen molar-refractivity contribution in [1.29, 1.82) is 0 Å². The zero-order valence-electron chi connectivity index (χ0n) is 16.5. The third-order valence-electron chi connectivity index (χ3n) is 5.31. The van der Waals surface area contributed by atoms with Crippen molar-refractivity contribution >= 4 is 21.6 Å². The summed E-state index contributed by atoms with van der Waals surface area (Å²) >= 11 is 0. The topological polar surface area (TPSA) is 66.5 Å². The Morgan fingerprint density at radius 1 is 1.14 bits per heavy atom. The first kappa shape index (κ1) is 20.6. The highest BCUT2D eigenvalue weighted by Gasteiger charge is 2.28. The highest BCUT2D eigenvalue weighted by Crippen LogP contribution is 2.25. The van der Waals surface area contributed by atoms with Crippen LogP contribution in [-0.2, 0) is 14.8 Å². The van der Waals surface area contributed by atoms with Gasteiger partial charge >= 0.3 is 0 Å². The molecule has 2 atom stereocenters. The molecule has 0 spiro atoms. The summed E-state index contributed by atoms with van der Waals surface area (Å²) in [5, 5.41) is 2.91. The first-order valence-corrected chi connectivity index (χ1v) is 11.3. The van der Waals surface area contributed by atoms with Gasteiger partial charge < -0.3 is 5.32 Å². The second-order valence-corrected chi connectivity index (χ2v) is 9.43. The molecule has 0 aromatic heterocycles. The van der Waals surface area contributed by atoms with Gasteiger partial charge in [0.05, 0.1) is 10.8 Å². The number of benzene rings is 2. The fourth-order valence-electron chi connectivity index (χ4n) is 3.71. The first-order chi connectivity index (χ1) is 13.4. The molecule has 1 N–H and O–H groups in total. The molecule has 28 heavy (non-hydrogen) atoms. The van der Waals surface area contributed by atoms with Crippen LogP contribution in [0.5, 0.6) is 0 Å². The van der Waals surface area contributed by atoms with Gasteiger partial charge in [0.1, 0.15) is 0 Å². The molecule has 6 heteroatoms. The molecule has 1 amide bonds. The summed E-state index contributed by atoms with van der Waals surface area (Å²) in [6, 6.07) is 16.1. The second kappa shape index (κ2) is 8.88. The maximum Gasteiger partial charge on any atom is 0.243 e. The molecule has 2 aromatic carbocycles. The standard InChI is InChI=1S/C22H28N2O3S/c1-3-21(18-9-5-4-6-10-18)22(25)23-19-11-13-20(14-12-19)28(26,27)24-15-7-8-17(2)16-24/h4-6,9-14,17,21H,3,7-8,15-16H2,1-2H3,(H,23,25)/t17-,21-/m1/s1. The maximum atomic E-state index is 12.8. The van der Waals surface area contributed by atoms with Crippen LogP contribution in [0.3, 0.4) is 0 Å². The van der Waals surface area contributed by atoms with Gasteiger partial charge in [0.15, 0.2) is 0 Å². The summed E-state index contributed by atoms with van der Waals surface area (Å²) in [5.41, 5.74) is 1.58. The lowest BCUT2D eigenvalue weighted by atomic mass is 9.95. The van der Waals surface area contributed by atoms with Gasteiger partial charge in [-0.2, -0.15) is 4.31 Å². The average Bonchev–Trinajstić information content (AvgIpc) is 2.70. The third-order valence-corrected chi connectivity index (χ3v) is 7.19. The molecule has 0 bridgehead atoms. The molecule has 1 aliphatic heterocycles. The van der Waals surface area contributed by atoms with E-state index in [1.165, 1.54) is 0 Å². The lowest BCUT2D eigenvalue weighted by molar-refractivity contribution is -0.117. The van der Waals surface area contributed by atoms with Gasteiger partial charge in [-0.1, -0.05) is 44.2 Å². The number of hydrogen-bond donors (Lipinski definition) is 1. The number of anilines is 1. The Hall–Kier alpha value is -2.18. The fourth-order valence-corrected chi connectivity index (χ4v) is 5.31. The van der Waals surface area contributed by atoms with Crippen molar-refractivity contribution in [1.82, 2.24) is 4.31 Å². The van der Waals surface area contributed by atoms with E-state index in [0.29, 0.717) is 31.1 Å².